The van der Waals surface area contributed by atoms with Gasteiger partial charge in [0.05, 0.1) is 30.2 Å². The van der Waals surface area contributed by atoms with Crippen LogP contribution in [-0.2, 0) is 11.3 Å². The molecule has 178 valence electrons. The van der Waals surface area contributed by atoms with Gasteiger partial charge in [0.15, 0.2) is 0 Å². The summed E-state index contributed by atoms with van der Waals surface area (Å²) in [4.78, 5) is 18.0. The Morgan fingerprint density at radius 2 is 1.74 bits per heavy atom. The van der Waals surface area contributed by atoms with Gasteiger partial charge in [-0.15, -0.1) is 0 Å². The maximum atomic E-state index is 13.4. The molecule has 1 aromatic heterocycles. The van der Waals surface area contributed by atoms with Crippen molar-refractivity contribution in [3.63, 3.8) is 0 Å². The van der Waals surface area contributed by atoms with Crippen molar-refractivity contribution in [2.24, 2.45) is 5.10 Å². The Morgan fingerprint density at radius 3 is 2.40 bits per heavy atom. The van der Waals surface area contributed by atoms with E-state index in [9.17, 15) is 4.79 Å². The summed E-state index contributed by atoms with van der Waals surface area (Å²) >= 11 is 0. The number of piperazine rings is 1. The lowest BCUT2D eigenvalue weighted by atomic mass is 10.0. The molecule has 0 N–H and O–H groups in total. The summed E-state index contributed by atoms with van der Waals surface area (Å²) in [6.45, 7) is 6.70. The van der Waals surface area contributed by atoms with Crippen LogP contribution in [0.5, 0.6) is 0 Å². The molecule has 3 aromatic rings. The molecule has 35 heavy (non-hydrogen) atoms. The van der Waals surface area contributed by atoms with Crippen LogP contribution < -0.4 is 0 Å². The van der Waals surface area contributed by atoms with E-state index in [0.717, 1.165) is 49.8 Å². The number of nitrogens with zero attached hydrogens (tertiary/aromatic N) is 5. The molecule has 2 aromatic carbocycles. The molecule has 7 nitrogen and oxygen atoms in total. The molecule has 1 unspecified atom stereocenters. The van der Waals surface area contributed by atoms with Crippen molar-refractivity contribution in [3.8, 4) is 6.07 Å². The normalized spacial score (nSPS) is 18.9. The van der Waals surface area contributed by atoms with Crippen LogP contribution in [0.15, 0.2) is 76.4 Å². The number of amides is 1. The molecule has 0 saturated carbocycles. The molecule has 0 bridgehead atoms. The van der Waals surface area contributed by atoms with E-state index in [0.29, 0.717) is 18.5 Å². The van der Waals surface area contributed by atoms with E-state index in [2.05, 4.69) is 47.1 Å². The van der Waals surface area contributed by atoms with Gasteiger partial charge in [0.25, 0.3) is 5.91 Å². The number of furan rings is 1. The smallest absolute Gasteiger partial charge is 0.257 e. The number of hydrogen-bond donors (Lipinski definition) is 0. The molecule has 5 rings (SSSR count). The maximum Gasteiger partial charge on any atom is 0.257 e. The van der Waals surface area contributed by atoms with Crippen LogP contribution in [0.2, 0.25) is 0 Å². The van der Waals surface area contributed by atoms with Crippen LogP contribution in [0, 0.1) is 18.3 Å². The first-order chi connectivity index (χ1) is 17.1. The van der Waals surface area contributed by atoms with Crippen molar-refractivity contribution >= 4 is 11.6 Å². The summed E-state index contributed by atoms with van der Waals surface area (Å²) in [6.07, 6.45) is 2.29. The molecule has 2 aliphatic rings. The zero-order valence-corrected chi connectivity index (χ0v) is 19.9. The Kier molecular flexibility index (Phi) is 6.75. The number of nitriles is 1. The third kappa shape index (κ3) is 5.35. The lowest BCUT2D eigenvalue weighted by Crippen LogP contribution is -2.49. The molecule has 1 fully saturated rings. The van der Waals surface area contributed by atoms with Gasteiger partial charge in [-0.3, -0.25) is 14.6 Å². The van der Waals surface area contributed by atoms with Crippen molar-refractivity contribution in [2.45, 2.75) is 25.9 Å². The van der Waals surface area contributed by atoms with E-state index >= 15 is 0 Å². The monoisotopic (exact) mass is 467 g/mol. The summed E-state index contributed by atoms with van der Waals surface area (Å²) in [5.74, 6) is 0.755. The van der Waals surface area contributed by atoms with Gasteiger partial charge in [-0.2, -0.15) is 10.4 Å². The van der Waals surface area contributed by atoms with Gasteiger partial charge in [-0.25, -0.2) is 5.01 Å². The van der Waals surface area contributed by atoms with Crippen LogP contribution in [0.3, 0.4) is 0 Å². The number of hydrazone groups is 1. The summed E-state index contributed by atoms with van der Waals surface area (Å²) < 4.78 is 5.67. The quantitative estimate of drug-likeness (QED) is 0.549. The van der Waals surface area contributed by atoms with Gasteiger partial charge < -0.3 is 4.42 Å². The van der Waals surface area contributed by atoms with Crippen molar-refractivity contribution in [1.82, 2.24) is 14.8 Å². The van der Waals surface area contributed by atoms with E-state index in [-0.39, 0.29) is 11.9 Å². The number of rotatable bonds is 6. The highest BCUT2D eigenvalue weighted by atomic mass is 16.3. The number of carbonyl (C=O) groups excluding carboxylic acids is 1. The highest BCUT2D eigenvalue weighted by Gasteiger charge is 2.35. The van der Waals surface area contributed by atoms with Crippen LogP contribution >= 0.6 is 0 Å². The Bertz CT molecular complexity index is 1220. The first-order valence-electron chi connectivity index (χ1n) is 12.0. The van der Waals surface area contributed by atoms with Gasteiger partial charge in [-0.1, -0.05) is 42.0 Å². The third-order valence-corrected chi connectivity index (χ3v) is 6.74. The predicted molar refractivity (Wildman–Crippen MR) is 134 cm³/mol. The van der Waals surface area contributed by atoms with E-state index in [1.165, 1.54) is 11.1 Å². The van der Waals surface area contributed by atoms with Gasteiger partial charge in [0.2, 0.25) is 0 Å². The Hall–Kier alpha value is -3.73. The van der Waals surface area contributed by atoms with E-state index in [1.807, 2.05) is 36.4 Å². The SMILES string of the molecule is Cc1ccc(C2=NN(C(=O)CN3CCN(Cc4ccc(C#N)cc4)CC3)C(c3ccco3)C2)cc1. The Morgan fingerprint density at radius 1 is 1.03 bits per heavy atom. The Balaban J connectivity index is 1.21. The van der Waals surface area contributed by atoms with Crippen LogP contribution in [0.1, 0.15) is 40.5 Å². The molecular weight excluding hydrogens is 438 g/mol. The lowest BCUT2D eigenvalue weighted by Gasteiger charge is -2.35. The van der Waals surface area contributed by atoms with Crippen molar-refractivity contribution in [1.29, 1.82) is 5.26 Å². The molecule has 1 amide bonds. The average molecular weight is 468 g/mol. The van der Waals surface area contributed by atoms with Gasteiger partial charge >= 0.3 is 0 Å². The standard InChI is InChI=1S/C28H29N5O2/c1-21-4-10-24(11-5-21)25-17-26(27-3-2-16-35-27)33(30-25)28(34)20-32-14-12-31(13-15-32)19-23-8-6-22(18-29)7-9-23/h2-11,16,26H,12-15,17,19-20H2,1H3. The Labute approximate surface area is 205 Å². The maximum absolute atomic E-state index is 13.4. The third-order valence-electron chi connectivity index (χ3n) is 6.74. The fraction of sp³-hybridized carbons (Fsp3) is 0.321. The zero-order valence-electron chi connectivity index (χ0n) is 19.9. The molecule has 0 aliphatic carbocycles. The highest BCUT2D eigenvalue weighted by molar-refractivity contribution is 6.03. The first-order valence-corrected chi connectivity index (χ1v) is 12.0. The van der Waals surface area contributed by atoms with Gasteiger partial charge in [0, 0.05) is 39.1 Å². The molecule has 0 spiro atoms. The van der Waals surface area contributed by atoms with Crippen molar-refractivity contribution < 1.29 is 9.21 Å². The molecule has 1 atom stereocenters. The number of carbonyl (C=O) groups is 1. The lowest BCUT2D eigenvalue weighted by molar-refractivity contribution is -0.135. The van der Waals surface area contributed by atoms with Crippen molar-refractivity contribution in [2.75, 3.05) is 32.7 Å². The second kappa shape index (κ2) is 10.3. The predicted octanol–water partition coefficient (Wildman–Crippen LogP) is 3.96. The minimum Gasteiger partial charge on any atom is -0.467 e. The molecule has 1 saturated heterocycles. The first kappa shape index (κ1) is 23.0. The van der Waals surface area contributed by atoms with Gasteiger partial charge in [0.1, 0.15) is 11.8 Å². The fourth-order valence-corrected chi connectivity index (χ4v) is 4.68. The number of hydrogen-bond acceptors (Lipinski definition) is 6. The van der Waals surface area contributed by atoms with Crippen molar-refractivity contribution in [3.05, 3.63) is 94.9 Å². The van der Waals surface area contributed by atoms with E-state index in [4.69, 9.17) is 14.8 Å². The molecule has 0 radical (unpaired) electrons. The minimum atomic E-state index is -0.216. The van der Waals surface area contributed by atoms with Crippen LogP contribution in [0.4, 0.5) is 0 Å². The number of benzene rings is 2. The van der Waals surface area contributed by atoms with E-state index in [1.54, 1.807) is 11.3 Å². The minimum absolute atomic E-state index is 0.00551. The van der Waals surface area contributed by atoms with Crippen LogP contribution in [-0.4, -0.2) is 59.2 Å². The largest absolute Gasteiger partial charge is 0.467 e. The molecule has 2 aliphatic heterocycles. The second-order valence-corrected chi connectivity index (χ2v) is 9.25. The molecule has 7 heteroatoms. The average Bonchev–Trinajstić information content (AvgIpc) is 3.57. The van der Waals surface area contributed by atoms with Gasteiger partial charge in [-0.05, 0) is 42.3 Å². The molecular formula is C28H29N5O2. The fourth-order valence-electron chi connectivity index (χ4n) is 4.68. The number of aryl methyl sites for hydroxylation is 1. The topological polar surface area (TPSA) is 76.1 Å². The zero-order chi connectivity index (χ0) is 24.2. The second-order valence-electron chi connectivity index (χ2n) is 9.25. The van der Waals surface area contributed by atoms with Crippen LogP contribution in [0.25, 0.3) is 0 Å². The summed E-state index contributed by atoms with van der Waals surface area (Å²) in [5, 5.41) is 15.4. The molecule has 3 heterocycles. The summed E-state index contributed by atoms with van der Waals surface area (Å²) in [5.41, 5.74) is 5.02. The highest BCUT2D eigenvalue weighted by Crippen LogP contribution is 2.33. The summed E-state index contributed by atoms with van der Waals surface area (Å²) in [7, 11) is 0. The summed E-state index contributed by atoms with van der Waals surface area (Å²) in [6, 6.07) is 21.7. The van der Waals surface area contributed by atoms with E-state index < -0.39 is 0 Å².